The summed E-state index contributed by atoms with van der Waals surface area (Å²) < 4.78 is 18.3. The van der Waals surface area contributed by atoms with E-state index in [2.05, 4.69) is 11.7 Å². The fourth-order valence-corrected chi connectivity index (χ4v) is 3.34. The lowest BCUT2D eigenvalue weighted by Crippen LogP contribution is -2.23. The number of aromatic nitrogens is 3. The lowest BCUT2D eigenvalue weighted by Gasteiger charge is -2.17. The van der Waals surface area contributed by atoms with Gasteiger partial charge in [-0.1, -0.05) is 54.1 Å². The summed E-state index contributed by atoms with van der Waals surface area (Å²) in [6.45, 7) is 5.13. The molecule has 0 saturated heterocycles. The van der Waals surface area contributed by atoms with Crippen LogP contribution in [0.5, 0.6) is 0 Å². The number of allylic oxidation sites excluding steroid dienone is 1. The van der Waals surface area contributed by atoms with E-state index in [4.69, 9.17) is 23.8 Å². The summed E-state index contributed by atoms with van der Waals surface area (Å²) in [5, 5.41) is 5.09. The molecule has 0 aliphatic carbocycles. The van der Waals surface area contributed by atoms with Gasteiger partial charge in [-0.15, -0.1) is 6.58 Å². The first kappa shape index (κ1) is 19.5. The third-order valence-corrected chi connectivity index (χ3v) is 4.92. The molecule has 1 heterocycles. The van der Waals surface area contributed by atoms with Gasteiger partial charge in [0.25, 0.3) is 0 Å². The maximum atomic E-state index is 14.0. The van der Waals surface area contributed by atoms with Gasteiger partial charge in [-0.3, -0.25) is 9.47 Å². The Morgan fingerprint density at radius 3 is 2.63 bits per heavy atom. The molecule has 3 aromatic rings. The normalized spacial score (nSPS) is 11.1. The van der Waals surface area contributed by atoms with Crippen LogP contribution in [0.15, 0.2) is 61.2 Å². The first-order valence-corrected chi connectivity index (χ1v) is 9.25. The van der Waals surface area contributed by atoms with E-state index in [0.717, 1.165) is 11.4 Å². The van der Waals surface area contributed by atoms with Crippen LogP contribution in [-0.2, 0) is 19.8 Å². The molecule has 7 heteroatoms. The Kier molecular flexibility index (Phi) is 6.21. The van der Waals surface area contributed by atoms with Crippen molar-refractivity contribution in [2.24, 2.45) is 0 Å². The van der Waals surface area contributed by atoms with Gasteiger partial charge in [-0.25, -0.2) is 9.07 Å². The third kappa shape index (κ3) is 4.35. The Bertz CT molecular complexity index is 977. The second kappa shape index (κ2) is 8.61. The van der Waals surface area contributed by atoms with E-state index in [0.29, 0.717) is 35.1 Å². The van der Waals surface area contributed by atoms with E-state index < -0.39 is 0 Å². The zero-order chi connectivity index (χ0) is 19.4. The third-order valence-electron chi connectivity index (χ3n) is 4.13. The van der Waals surface area contributed by atoms with Crippen LogP contribution in [0.25, 0.3) is 11.4 Å². The van der Waals surface area contributed by atoms with Crippen LogP contribution in [0.2, 0.25) is 5.02 Å². The van der Waals surface area contributed by atoms with Crippen LogP contribution in [-0.4, -0.2) is 26.3 Å². The van der Waals surface area contributed by atoms with Gasteiger partial charge in [-0.2, -0.15) is 5.10 Å². The average molecular weight is 403 g/mol. The topological polar surface area (TPSA) is 26.0 Å². The Balaban J connectivity index is 1.89. The summed E-state index contributed by atoms with van der Waals surface area (Å²) in [5.41, 5.74) is 1.44. The zero-order valence-electron chi connectivity index (χ0n) is 15.0. The van der Waals surface area contributed by atoms with Gasteiger partial charge in [0.1, 0.15) is 5.82 Å². The van der Waals surface area contributed by atoms with Crippen molar-refractivity contribution in [2.45, 2.75) is 19.8 Å². The molecule has 2 aromatic carbocycles. The summed E-state index contributed by atoms with van der Waals surface area (Å²) in [7, 11) is 1.87. The molecule has 140 valence electrons. The van der Waals surface area contributed by atoms with Crippen molar-refractivity contribution in [3.05, 3.63) is 82.4 Å². The minimum atomic E-state index is -0.319. The first-order valence-electron chi connectivity index (χ1n) is 8.46. The van der Waals surface area contributed by atoms with E-state index in [1.54, 1.807) is 22.9 Å². The fraction of sp³-hybridized carbons (Fsp3) is 0.200. The molecule has 1 aromatic heterocycles. The van der Waals surface area contributed by atoms with Crippen LogP contribution >= 0.6 is 23.8 Å². The van der Waals surface area contributed by atoms with Crippen molar-refractivity contribution in [1.82, 2.24) is 19.2 Å². The van der Waals surface area contributed by atoms with Crippen LogP contribution in [0.1, 0.15) is 5.56 Å². The minimum Gasteiger partial charge on any atom is -0.296 e. The average Bonchev–Trinajstić information content (AvgIpc) is 2.96. The molecule has 4 nitrogen and oxygen atoms in total. The van der Waals surface area contributed by atoms with E-state index in [9.17, 15) is 4.39 Å². The highest BCUT2D eigenvalue weighted by atomic mass is 35.5. The number of rotatable bonds is 7. The standard InChI is InChI=1S/C20H20ClFN4S/c1-3-12-25-19(15-8-5-4-6-9-15)23-26(20(25)27)14-24(2)13-16-17(21)10-7-11-18(16)22/h3-11H,1,12-14H2,2H3. The van der Waals surface area contributed by atoms with E-state index in [-0.39, 0.29) is 5.82 Å². The van der Waals surface area contributed by atoms with E-state index >= 15 is 0 Å². The molecule has 0 N–H and O–H groups in total. The zero-order valence-corrected chi connectivity index (χ0v) is 16.6. The summed E-state index contributed by atoms with van der Waals surface area (Å²) in [6.07, 6.45) is 1.79. The van der Waals surface area contributed by atoms with Crippen LogP contribution in [0.4, 0.5) is 4.39 Å². The minimum absolute atomic E-state index is 0.319. The Hall–Kier alpha value is -2.28. The predicted octanol–water partition coefficient (Wildman–Crippen LogP) is 5.15. The van der Waals surface area contributed by atoms with Gasteiger partial charge >= 0.3 is 0 Å². The van der Waals surface area contributed by atoms with Gasteiger partial charge in [0.05, 0.1) is 6.67 Å². The molecule has 3 rings (SSSR count). The molecular formula is C20H20ClFN4S. The van der Waals surface area contributed by atoms with Gasteiger partial charge in [0.15, 0.2) is 10.6 Å². The molecule has 0 saturated carbocycles. The highest BCUT2D eigenvalue weighted by molar-refractivity contribution is 7.71. The van der Waals surface area contributed by atoms with Crippen molar-refractivity contribution in [3.8, 4) is 11.4 Å². The molecule has 0 atom stereocenters. The molecule has 0 fully saturated rings. The quantitative estimate of drug-likeness (QED) is 0.404. The SMILES string of the molecule is C=CCn1c(-c2ccccc2)nn(CN(C)Cc2c(F)cccc2Cl)c1=S. The van der Waals surface area contributed by atoms with Crippen molar-refractivity contribution in [3.63, 3.8) is 0 Å². The van der Waals surface area contributed by atoms with E-state index in [1.165, 1.54) is 6.07 Å². The lowest BCUT2D eigenvalue weighted by atomic mass is 10.2. The van der Waals surface area contributed by atoms with Gasteiger partial charge < -0.3 is 0 Å². The highest BCUT2D eigenvalue weighted by Gasteiger charge is 2.15. The molecule has 0 unspecified atom stereocenters. The molecular weight excluding hydrogens is 383 g/mol. The maximum absolute atomic E-state index is 14.0. The van der Waals surface area contributed by atoms with Gasteiger partial charge in [0, 0.05) is 29.2 Å². The van der Waals surface area contributed by atoms with Gasteiger partial charge in [-0.05, 0) is 31.4 Å². The number of hydrogen-bond donors (Lipinski definition) is 0. The Labute approximate surface area is 168 Å². The number of nitrogens with zero attached hydrogens (tertiary/aromatic N) is 4. The van der Waals surface area contributed by atoms with Crippen molar-refractivity contribution in [1.29, 1.82) is 0 Å². The fourth-order valence-electron chi connectivity index (χ4n) is 2.86. The molecule has 0 radical (unpaired) electrons. The first-order chi connectivity index (χ1) is 13.0. The number of hydrogen-bond acceptors (Lipinski definition) is 3. The Morgan fingerprint density at radius 1 is 1.22 bits per heavy atom. The largest absolute Gasteiger partial charge is 0.296 e. The predicted molar refractivity (Wildman–Crippen MR) is 110 cm³/mol. The van der Waals surface area contributed by atoms with Crippen LogP contribution in [0.3, 0.4) is 0 Å². The van der Waals surface area contributed by atoms with Crippen molar-refractivity contribution < 1.29 is 4.39 Å². The summed E-state index contributed by atoms with van der Waals surface area (Å²) in [5.74, 6) is 0.456. The second-order valence-corrected chi connectivity index (χ2v) is 7.00. The lowest BCUT2D eigenvalue weighted by molar-refractivity contribution is 0.241. The highest BCUT2D eigenvalue weighted by Crippen LogP contribution is 2.21. The monoisotopic (exact) mass is 402 g/mol. The molecule has 27 heavy (non-hydrogen) atoms. The second-order valence-electron chi connectivity index (χ2n) is 6.23. The summed E-state index contributed by atoms with van der Waals surface area (Å²) in [4.78, 5) is 1.92. The van der Waals surface area contributed by atoms with Crippen LogP contribution < -0.4 is 0 Å². The molecule has 0 bridgehead atoms. The summed E-state index contributed by atoms with van der Waals surface area (Å²) in [6, 6.07) is 14.6. The smallest absolute Gasteiger partial charge is 0.199 e. The van der Waals surface area contributed by atoms with Gasteiger partial charge in [0.2, 0.25) is 0 Å². The van der Waals surface area contributed by atoms with Crippen LogP contribution in [0, 0.1) is 10.6 Å². The molecule has 0 aliphatic heterocycles. The molecule has 0 aliphatic rings. The summed E-state index contributed by atoms with van der Waals surface area (Å²) >= 11 is 11.7. The van der Waals surface area contributed by atoms with Crippen molar-refractivity contribution in [2.75, 3.05) is 7.05 Å². The molecule has 0 amide bonds. The Morgan fingerprint density at radius 2 is 1.96 bits per heavy atom. The molecule has 0 spiro atoms. The van der Waals surface area contributed by atoms with Crippen molar-refractivity contribution >= 4 is 23.8 Å². The number of benzene rings is 2. The van der Waals surface area contributed by atoms with E-state index in [1.807, 2.05) is 46.8 Å². The maximum Gasteiger partial charge on any atom is 0.199 e. The number of halogens is 2.